The van der Waals surface area contributed by atoms with Crippen molar-refractivity contribution >= 4 is 28.5 Å². The molecule has 0 unspecified atom stereocenters. The summed E-state index contributed by atoms with van der Waals surface area (Å²) in [5.41, 5.74) is 1.55. The van der Waals surface area contributed by atoms with Gasteiger partial charge in [-0.25, -0.2) is 4.98 Å². The fourth-order valence-corrected chi connectivity index (χ4v) is 3.73. The Balaban J connectivity index is 1.44. The van der Waals surface area contributed by atoms with Crippen LogP contribution in [-0.4, -0.2) is 51.4 Å². The fourth-order valence-electron chi connectivity index (χ4n) is 3.54. The number of piperazine rings is 1. The number of para-hydroxylation sites is 2. The summed E-state index contributed by atoms with van der Waals surface area (Å²) in [7, 11) is 0. The summed E-state index contributed by atoms with van der Waals surface area (Å²) in [6.45, 7) is -0.0796. The molecule has 0 radical (unpaired) electrons. The molecule has 0 saturated carbocycles. The maximum absolute atomic E-state index is 13.6. The number of rotatable bonds is 4. The standard InChI is InChI=1S/C20H19ClF2N4O/c21-15-5-3-4-14(12-15)19(28)26-10-8-25(9-11-26)13-18-24-16-6-1-2-7-17(16)27(18)20(22)23/h1-7,12,20H,8-11,13H2. The molecule has 1 saturated heterocycles. The third-order valence-electron chi connectivity index (χ3n) is 4.96. The Morgan fingerprint density at radius 1 is 1.07 bits per heavy atom. The lowest BCUT2D eigenvalue weighted by Crippen LogP contribution is -2.48. The van der Waals surface area contributed by atoms with Crippen molar-refractivity contribution in [2.24, 2.45) is 0 Å². The zero-order valence-corrected chi connectivity index (χ0v) is 15.8. The summed E-state index contributed by atoms with van der Waals surface area (Å²) >= 11 is 5.97. The van der Waals surface area contributed by atoms with Crippen molar-refractivity contribution in [3.8, 4) is 0 Å². The summed E-state index contributed by atoms with van der Waals surface area (Å²) in [6, 6.07) is 13.8. The molecule has 3 aromatic rings. The number of halogens is 3. The summed E-state index contributed by atoms with van der Waals surface area (Å²) in [5.74, 6) is 0.271. The molecule has 1 fully saturated rings. The van der Waals surface area contributed by atoms with Gasteiger partial charge in [-0.05, 0) is 30.3 Å². The Morgan fingerprint density at radius 2 is 1.82 bits per heavy atom. The van der Waals surface area contributed by atoms with Gasteiger partial charge in [0.05, 0.1) is 17.6 Å². The minimum absolute atomic E-state index is 0.0676. The number of alkyl halides is 2. The van der Waals surface area contributed by atoms with Crippen LogP contribution in [0.3, 0.4) is 0 Å². The largest absolute Gasteiger partial charge is 0.336 e. The van der Waals surface area contributed by atoms with E-state index in [0.717, 1.165) is 4.57 Å². The van der Waals surface area contributed by atoms with E-state index in [0.29, 0.717) is 60.2 Å². The Bertz CT molecular complexity index is 999. The summed E-state index contributed by atoms with van der Waals surface area (Å²) in [4.78, 5) is 20.8. The molecule has 146 valence electrons. The molecular formula is C20H19ClF2N4O. The van der Waals surface area contributed by atoms with Crippen LogP contribution < -0.4 is 0 Å². The highest BCUT2D eigenvalue weighted by atomic mass is 35.5. The average molecular weight is 405 g/mol. The second-order valence-electron chi connectivity index (χ2n) is 6.74. The van der Waals surface area contributed by atoms with Gasteiger partial charge >= 0.3 is 6.55 Å². The van der Waals surface area contributed by atoms with E-state index in [9.17, 15) is 13.6 Å². The van der Waals surface area contributed by atoms with Crippen molar-refractivity contribution in [3.05, 3.63) is 64.9 Å². The van der Waals surface area contributed by atoms with Crippen LogP contribution in [0.4, 0.5) is 8.78 Å². The number of benzene rings is 2. The van der Waals surface area contributed by atoms with Crippen molar-refractivity contribution in [1.29, 1.82) is 0 Å². The van der Waals surface area contributed by atoms with E-state index in [-0.39, 0.29) is 5.91 Å². The molecule has 8 heteroatoms. The van der Waals surface area contributed by atoms with E-state index in [1.807, 2.05) is 4.90 Å². The molecule has 0 atom stereocenters. The molecule has 2 heterocycles. The first-order valence-corrected chi connectivity index (χ1v) is 9.42. The summed E-state index contributed by atoms with van der Waals surface area (Å²) < 4.78 is 28.1. The normalized spacial score (nSPS) is 15.5. The molecule has 0 N–H and O–H groups in total. The van der Waals surface area contributed by atoms with Crippen molar-refractivity contribution < 1.29 is 13.6 Å². The lowest BCUT2D eigenvalue weighted by atomic mass is 10.2. The molecule has 0 spiro atoms. The van der Waals surface area contributed by atoms with E-state index < -0.39 is 6.55 Å². The number of aromatic nitrogens is 2. The highest BCUT2D eigenvalue weighted by Gasteiger charge is 2.25. The van der Waals surface area contributed by atoms with E-state index in [1.54, 1.807) is 53.4 Å². The molecule has 4 rings (SSSR count). The second kappa shape index (κ2) is 7.85. The predicted octanol–water partition coefficient (Wildman–Crippen LogP) is 4.04. The van der Waals surface area contributed by atoms with E-state index in [1.165, 1.54) is 0 Å². The van der Waals surface area contributed by atoms with Crippen LogP contribution in [0.15, 0.2) is 48.5 Å². The van der Waals surface area contributed by atoms with Crippen molar-refractivity contribution in [3.63, 3.8) is 0 Å². The van der Waals surface area contributed by atoms with Crippen LogP contribution in [-0.2, 0) is 6.54 Å². The number of hydrogen-bond acceptors (Lipinski definition) is 3. The summed E-state index contributed by atoms with van der Waals surface area (Å²) in [5, 5.41) is 0.524. The topological polar surface area (TPSA) is 41.4 Å². The molecular weight excluding hydrogens is 386 g/mol. The van der Waals surface area contributed by atoms with Gasteiger partial charge in [0.1, 0.15) is 5.82 Å². The fraction of sp³-hybridized carbons (Fsp3) is 0.300. The van der Waals surface area contributed by atoms with Gasteiger partial charge in [-0.2, -0.15) is 8.78 Å². The molecule has 28 heavy (non-hydrogen) atoms. The maximum Gasteiger partial charge on any atom is 0.320 e. The zero-order valence-electron chi connectivity index (χ0n) is 15.1. The Morgan fingerprint density at radius 3 is 2.54 bits per heavy atom. The predicted molar refractivity (Wildman–Crippen MR) is 104 cm³/mol. The zero-order chi connectivity index (χ0) is 19.7. The van der Waals surface area contributed by atoms with Crippen LogP contribution in [0.5, 0.6) is 0 Å². The van der Waals surface area contributed by atoms with E-state index in [4.69, 9.17) is 11.6 Å². The number of fused-ring (bicyclic) bond motifs is 1. The first-order chi connectivity index (χ1) is 13.5. The maximum atomic E-state index is 13.6. The number of hydrogen-bond donors (Lipinski definition) is 0. The first kappa shape index (κ1) is 18.8. The quantitative estimate of drug-likeness (QED) is 0.659. The van der Waals surface area contributed by atoms with Gasteiger partial charge in [0, 0.05) is 36.8 Å². The molecule has 0 aliphatic carbocycles. The highest BCUT2D eigenvalue weighted by molar-refractivity contribution is 6.30. The van der Waals surface area contributed by atoms with Crippen molar-refractivity contribution in [2.75, 3.05) is 26.2 Å². The smallest absolute Gasteiger partial charge is 0.320 e. The molecule has 5 nitrogen and oxygen atoms in total. The number of nitrogens with zero attached hydrogens (tertiary/aromatic N) is 4. The summed E-state index contributed by atoms with van der Waals surface area (Å²) in [6.07, 6.45) is 0. The first-order valence-electron chi connectivity index (χ1n) is 9.04. The van der Waals surface area contributed by atoms with Crippen LogP contribution in [0, 0.1) is 0 Å². The average Bonchev–Trinajstić information content (AvgIpc) is 3.06. The molecule has 0 bridgehead atoms. The third kappa shape index (κ3) is 3.72. The van der Waals surface area contributed by atoms with Crippen LogP contribution in [0.25, 0.3) is 11.0 Å². The van der Waals surface area contributed by atoms with Crippen LogP contribution in [0.2, 0.25) is 5.02 Å². The van der Waals surface area contributed by atoms with Gasteiger partial charge in [-0.15, -0.1) is 0 Å². The van der Waals surface area contributed by atoms with Gasteiger partial charge < -0.3 is 4.90 Å². The third-order valence-corrected chi connectivity index (χ3v) is 5.20. The molecule has 2 aromatic carbocycles. The van der Waals surface area contributed by atoms with E-state index >= 15 is 0 Å². The lowest BCUT2D eigenvalue weighted by molar-refractivity contribution is 0.0574. The number of carbonyl (C=O) groups is 1. The van der Waals surface area contributed by atoms with Crippen LogP contribution in [0.1, 0.15) is 22.7 Å². The molecule has 1 aliphatic heterocycles. The van der Waals surface area contributed by atoms with Gasteiger partial charge in [-0.1, -0.05) is 29.8 Å². The minimum Gasteiger partial charge on any atom is -0.336 e. The number of amides is 1. The van der Waals surface area contributed by atoms with Crippen LogP contribution >= 0.6 is 11.6 Å². The number of imidazole rings is 1. The Kier molecular flexibility index (Phi) is 5.28. The Labute approximate surface area is 166 Å². The molecule has 1 aromatic heterocycles. The van der Waals surface area contributed by atoms with E-state index in [2.05, 4.69) is 4.98 Å². The Hall–Kier alpha value is -2.51. The van der Waals surface area contributed by atoms with Crippen molar-refractivity contribution in [2.45, 2.75) is 13.1 Å². The molecule has 1 amide bonds. The van der Waals surface area contributed by atoms with Gasteiger partial charge in [0.15, 0.2) is 0 Å². The second-order valence-corrected chi connectivity index (χ2v) is 7.18. The van der Waals surface area contributed by atoms with Crippen molar-refractivity contribution in [1.82, 2.24) is 19.4 Å². The molecule has 1 aliphatic rings. The van der Waals surface area contributed by atoms with Gasteiger partial charge in [0.2, 0.25) is 0 Å². The van der Waals surface area contributed by atoms with Gasteiger partial charge in [0.25, 0.3) is 5.91 Å². The lowest BCUT2D eigenvalue weighted by Gasteiger charge is -2.34. The minimum atomic E-state index is -2.65. The van der Waals surface area contributed by atoms with Gasteiger partial charge in [-0.3, -0.25) is 14.3 Å². The highest BCUT2D eigenvalue weighted by Crippen LogP contribution is 2.24. The number of carbonyl (C=O) groups excluding carboxylic acids is 1. The SMILES string of the molecule is O=C(c1cccc(Cl)c1)N1CCN(Cc2nc3ccccc3n2C(F)F)CC1. The monoisotopic (exact) mass is 404 g/mol.